The number of likely N-dealkylation sites (tertiary alicyclic amines) is 1. The number of methoxy groups -OCH3 is 2. The summed E-state index contributed by atoms with van der Waals surface area (Å²) in [5.41, 5.74) is 6.06. The zero-order chi connectivity index (χ0) is 17.5. The van der Waals surface area contributed by atoms with Gasteiger partial charge in [0.15, 0.2) is 0 Å². The number of nitrogens with zero attached hydrogens (tertiary/aromatic N) is 1. The molecule has 0 bridgehead atoms. The first kappa shape index (κ1) is 17.8. The molecule has 2 amide bonds. The van der Waals surface area contributed by atoms with Crippen molar-refractivity contribution in [3.63, 3.8) is 0 Å². The van der Waals surface area contributed by atoms with Crippen molar-refractivity contribution in [2.24, 2.45) is 11.7 Å². The number of ether oxygens (including phenoxy) is 2. The molecular formula is C18H24N2O4. The number of hydrogen-bond donors (Lipinski definition) is 1. The van der Waals surface area contributed by atoms with E-state index in [2.05, 4.69) is 0 Å². The summed E-state index contributed by atoms with van der Waals surface area (Å²) in [5, 5.41) is 0. The van der Waals surface area contributed by atoms with Crippen LogP contribution in [0.25, 0.3) is 6.08 Å². The van der Waals surface area contributed by atoms with Gasteiger partial charge in [0, 0.05) is 31.7 Å². The second-order valence-electron chi connectivity index (χ2n) is 5.92. The van der Waals surface area contributed by atoms with Gasteiger partial charge in [-0.2, -0.15) is 0 Å². The Bertz CT molecular complexity index is 597. The number of carbonyl (C=O) groups is 2. The van der Waals surface area contributed by atoms with Gasteiger partial charge in [0.1, 0.15) is 11.5 Å². The average molecular weight is 332 g/mol. The summed E-state index contributed by atoms with van der Waals surface area (Å²) in [4.78, 5) is 25.0. The van der Waals surface area contributed by atoms with Gasteiger partial charge in [0.2, 0.25) is 11.8 Å². The molecule has 6 nitrogen and oxygen atoms in total. The quantitative estimate of drug-likeness (QED) is 0.806. The van der Waals surface area contributed by atoms with Crippen LogP contribution in [-0.4, -0.2) is 44.0 Å². The van der Waals surface area contributed by atoms with Crippen LogP contribution in [0.1, 0.15) is 24.8 Å². The fraction of sp³-hybridized carbons (Fsp3) is 0.444. The summed E-state index contributed by atoms with van der Waals surface area (Å²) < 4.78 is 10.4. The summed E-state index contributed by atoms with van der Waals surface area (Å²) in [6.45, 7) is 1.31. The van der Waals surface area contributed by atoms with Crippen LogP contribution in [0.4, 0.5) is 0 Å². The summed E-state index contributed by atoms with van der Waals surface area (Å²) >= 11 is 0. The number of hydrogen-bond acceptors (Lipinski definition) is 4. The van der Waals surface area contributed by atoms with Crippen LogP contribution in [-0.2, 0) is 9.59 Å². The van der Waals surface area contributed by atoms with Gasteiger partial charge in [0.25, 0.3) is 0 Å². The molecular weight excluding hydrogens is 308 g/mol. The lowest BCUT2D eigenvalue weighted by atomic mass is 9.93. The molecule has 1 saturated heterocycles. The van der Waals surface area contributed by atoms with E-state index < -0.39 is 0 Å². The van der Waals surface area contributed by atoms with Gasteiger partial charge in [-0.3, -0.25) is 9.59 Å². The fourth-order valence-electron chi connectivity index (χ4n) is 2.84. The Morgan fingerprint density at radius 1 is 1.17 bits per heavy atom. The topological polar surface area (TPSA) is 81.9 Å². The number of nitrogens with two attached hydrogens (primary N) is 1. The molecule has 24 heavy (non-hydrogen) atoms. The molecule has 0 saturated carbocycles. The maximum Gasteiger partial charge on any atom is 0.246 e. The van der Waals surface area contributed by atoms with Gasteiger partial charge < -0.3 is 20.1 Å². The number of benzene rings is 1. The average Bonchev–Trinajstić information content (AvgIpc) is 2.59. The van der Waals surface area contributed by atoms with Gasteiger partial charge in [-0.1, -0.05) is 0 Å². The number of rotatable bonds is 6. The molecule has 2 N–H and O–H groups in total. The second-order valence-corrected chi connectivity index (χ2v) is 5.92. The third-order valence-corrected chi connectivity index (χ3v) is 4.21. The molecule has 0 atom stereocenters. The molecule has 0 radical (unpaired) electrons. The molecule has 1 aliphatic rings. The van der Waals surface area contributed by atoms with Gasteiger partial charge in [-0.15, -0.1) is 0 Å². The Balaban J connectivity index is 1.95. The lowest BCUT2D eigenvalue weighted by Gasteiger charge is -2.30. The number of primary amides is 1. The van der Waals surface area contributed by atoms with Crippen LogP contribution in [0.2, 0.25) is 0 Å². The van der Waals surface area contributed by atoms with E-state index in [0.717, 1.165) is 18.4 Å². The first-order valence-corrected chi connectivity index (χ1v) is 8.00. The fourth-order valence-corrected chi connectivity index (χ4v) is 2.84. The highest BCUT2D eigenvalue weighted by Crippen LogP contribution is 2.24. The maximum atomic E-state index is 12.3. The number of carbonyl (C=O) groups excluding carboxylic acids is 2. The lowest BCUT2D eigenvalue weighted by Crippen LogP contribution is -2.38. The normalized spacial score (nSPS) is 15.5. The predicted octanol–water partition coefficient (Wildman–Crippen LogP) is 1.83. The highest BCUT2D eigenvalue weighted by Gasteiger charge is 2.22. The van der Waals surface area contributed by atoms with E-state index in [-0.39, 0.29) is 17.7 Å². The van der Waals surface area contributed by atoms with Gasteiger partial charge in [0.05, 0.1) is 14.2 Å². The van der Waals surface area contributed by atoms with Crippen LogP contribution in [0.5, 0.6) is 11.5 Å². The molecule has 6 heteroatoms. The monoisotopic (exact) mass is 332 g/mol. The molecule has 0 unspecified atom stereocenters. The molecule has 1 aromatic carbocycles. The van der Waals surface area contributed by atoms with Crippen molar-refractivity contribution in [1.82, 2.24) is 4.90 Å². The van der Waals surface area contributed by atoms with Crippen molar-refractivity contribution in [3.05, 3.63) is 29.8 Å². The molecule has 130 valence electrons. The van der Waals surface area contributed by atoms with Crippen molar-refractivity contribution in [2.75, 3.05) is 27.3 Å². The minimum absolute atomic E-state index is 0.0330. The minimum atomic E-state index is -0.272. The molecule has 0 aliphatic carbocycles. The summed E-state index contributed by atoms with van der Waals surface area (Å²) in [5.74, 6) is 1.33. The molecule has 1 heterocycles. The van der Waals surface area contributed by atoms with Crippen LogP contribution in [0.15, 0.2) is 24.3 Å². The van der Waals surface area contributed by atoms with E-state index >= 15 is 0 Å². The zero-order valence-corrected chi connectivity index (χ0v) is 14.2. The van der Waals surface area contributed by atoms with Crippen molar-refractivity contribution in [1.29, 1.82) is 0 Å². The van der Waals surface area contributed by atoms with Crippen molar-refractivity contribution in [3.8, 4) is 11.5 Å². The molecule has 2 rings (SSSR count). The van der Waals surface area contributed by atoms with E-state index in [4.69, 9.17) is 15.2 Å². The Morgan fingerprint density at radius 2 is 1.75 bits per heavy atom. The Hall–Kier alpha value is -2.50. The predicted molar refractivity (Wildman–Crippen MR) is 91.7 cm³/mol. The summed E-state index contributed by atoms with van der Waals surface area (Å²) in [6, 6.07) is 5.46. The van der Waals surface area contributed by atoms with E-state index in [1.807, 2.05) is 12.1 Å². The highest BCUT2D eigenvalue weighted by molar-refractivity contribution is 5.92. The van der Waals surface area contributed by atoms with E-state index in [1.165, 1.54) is 0 Å². The SMILES string of the molecule is COc1cc(C=CC(=O)N2CCC(CC(N)=O)CC2)cc(OC)c1. The number of piperidine rings is 1. The van der Waals surface area contributed by atoms with E-state index in [0.29, 0.717) is 31.0 Å². The third-order valence-electron chi connectivity index (χ3n) is 4.21. The van der Waals surface area contributed by atoms with Gasteiger partial charge >= 0.3 is 0 Å². The van der Waals surface area contributed by atoms with Crippen molar-refractivity contribution in [2.45, 2.75) is 19.3 Å². The van der Waals surface area contributed by atoms with Crippen LogP contribution in [0.3, 0.4) is 0 Å². The summed E-state index contributed by atoms with van der Waals surface area (Å²) in [6.07, 6.45) is 5.35. The van der Waals surface area contributed by atoms with Crippen molar-refractivity contribution < 1.29 is 19.1 Å². The molecule has 1 aromatic rings. The Morgan fingerprint density at radius 3 is 2.25 bits per heavy atom. The van der Waals surface area contributed by atoms with Crippen molar-refractivity contribution >= 4 is 17.9 Å². The second kappa shape index (κ2) is 8.38. The standard InChI is InChI=1S/C18H24N2O4/c1-23-15-9-14(10-16(12-15)24-2)3-4-18(22)20-7-5-13(6-8-20)11-17(19)21/h3-4,9-10,12-13H,5-8,11H2,1-2H3,(H2,19,21). The smallest absolute Gasteiger partial charge is 0.246 e. The molecule has 1 aliphatic heterocycles. The van der Waals surface area contributed by atoms with Crippen LogP contribution < -0.4 is 15.2 Å². The Kier molecular flexibility index (Phi) is 6.23. The van der Waals surface area contributed by atoms with Gasteiger partial charge in [-0.25, -0.2) is 0 Å². The van der Waals surface area contributed by atoms with E-state index in [1.54, 1.807) is 37.3 Å². The first-order chi connectivity index (χ1) is 11.5. The van der Waals surface area contributed by atoms with E-state index in [9.17, 15) is 9.59 Å². The molecule has 1 fully saturated rings. The Labute approximate surface area is 142 Å². The largest absolute Gasteiger partial charge is 0.497 e. The zero-order valence-electron chi connectivity index (χ0n) is 14.2. The molecule has 0 spiro atoms. The third kappa shape index (κ3) is 5.01. The maximum absolute atomic E-state index is 12.3. The molecule has 0 aromatic heterocycles. The summed E-state index contributed by atoms with van der Waals surface area (Å²) in [7, 11) is 3.17. The van der Waals surface area contributed by atoms with Crippen LogP contribution in [0, 0.1) is 5.92 Å². The number of amides is 2. The minimum Gasteiger partial charge on any atom is -0.497 e. The van der Waals surface area contributed by atoms with Gasteiger partial charge in [-0.05, 0) is 42.5 Å². The lowest BCUT2D eigenvalue weighted by molar-refractivity contribution is -0.127. The first-order valence-electron chi connectivity index (χ1n) is 8.00. The highest BCUT2D eigenvalue weighted by atomic mass is 16.5. The van der Waals surface area contributed by atoms with Crippen LogP contribution >= 0.6 is 0 Å².